The zero-order valence-electron chi connectivity index (χ0n) is 14.8. The number of hydrogen-bond donors (Lipinski definition) is 1. The molecular formula is C19H14BrClN2O4S. The van der Waals surface area contributed by atoms with Gasteiger partial charge < -0.3 is 9.47 Å². The molecule has 0 unspecified atom stereocenters. The van der Waals surface area contributed by atoms with Gasteiger partial charge >= 0.3 is 0 Å². The van der Waals surface area contributed by atoms with Crippen molar-refractivity contribution in [2.45, 2.75) is 0 Å². The quantitative estimate of drug-likeness (QED) is 0.407. The van der Waals surface area contributed by atoms with Gasteiger partial charge in [-0.2, -0.15) is 0 Å². The van der Waals surface area contributed by atoms with Crippen LogP contribution in [0.4, 0.5) is 5.69 Å². The Hall–Kier alpha value is -2.42. The van der Waals surface area contributed by atoms with Crippen molar-refractivity contribution >= 4 is 68.4 Å². The molecule has 0 saturated carbocycles. The van der Waals surface area contributed by atoms with Crippen LogP contribution >= 0.6 is 39.7 Å². The molecule has 1 aliphatic rings. The number of methoxy groups -OCH3 is 2. The van der Waals surface area contributed by atoms with E-state index in [1.807, 2.05) is 0 Å². The average Bonchev–Trinajstić information content (AvgIpc) is 2.66. The summed E-state index contributed by atoms with van der Waals surface area (Å²) in [5.74, 6) is -0.138. The van der Waals surface area contributed by atoms with Crippen LogP contribution in [0.25, 0.3) is 6.08 Å². The first kappa shape index (κ1) is 20.3. The van der Waals surface area contributed by atoms with Gasteiger partial charge in [-0.1, -0.05) is 11.6 Å². The van der Waals surface area contributed by atoms with Crippen molar-refractivity contribution in [3.8, 4) is 11.5 Å². The third-order valence-electron chi connectivity index (χ3n) is 3.99. The minimum absolute atomic E-state index is 0.00245. The van der Waals surface area contributed by atoms with E-state index in [4.69, 9.17) is 33.3 Å². The molecule has 6 nitrogen and oxygen atoms in total. The van der Waals surface area contributed by atoms with E-state index in [-0.39, 0.29) is 10.7 Å². The highest BCUT2D eigenvalue weighted by Gasteiger charge is 2.34. The van der Waals surface area contributed by atoms with Crippen LogP contribution in [-0.2, 0) is 9.59 Å². The van der Waals surface area contributed by atoms with Crippen LogP contribution in [0.3, 0.4) is 0 Å². The summed E-state index contributed by atoms with van der Waals surface area (Å²) in [5.41, 5.74) is 0.935. The normalized spacial score (nSPS) is 15.6. The molecule has 9 heteroatoms. The summed E-state index contributed by atoms with van der Waals surface area (Å²) in [5, 5.41) is 3.05. The average molecular weight is 482 g/mol. The molecule has 0 aromatic heterocycles. The second-order valence-corrected chi connectivity index (χ2v) is 7.34. The molecule has 1 aliphatic heterocycles. The Balaban J connectivity index is 2.07. The second kappa shape index (κ2) is 8.30. The molecule has 28 heavy (non-hydrogen) atoms. The molecule has 0 radical (unpaired) electrons. The lowest BCUT2D eigenvalue weighted by molar-refractivity contribution is -0.122. The van der Waals surface area contributed by atoms with E-state index in [0.29, 0.717) is 32.2 Å². The Morgan fingerprint density at radius 3 is 2.36 bits per heavy atom. The Morgan fingerprint density at radius 1 is 1.11 bits per heavy atom. The van der Waals surface area contributed by atoms with Crippen molar-refractivity contribution in [2.75, 3.05) is 19.1 Å². The molecule has 3 rings (SSSR count). The highest BCUT2D eigenvalue weighted by Crippen LogP contribution is 2.34. The maximum Gasteiger partial charge on any atom is 0.270 e. The maximum atomic E-state index is 13.0. The SMILES string of the molecule is COc1cc(OC)c(/C=C2/C(=O)NC(=S)N(c3ccc(Cl)cc3)C2=O)cc1Br. The minimum Gasteiger partial charge on any atom is -0.496 e. The first-order valence-corrected chi connectivity index (χ1v) is 9.52. The predicted molar refractivity (Wildman–Crippen MR) is 115 cm³/mol. The molecule has 2 amide bonds. The molecule has 1 saturated heterocycles. The summed E-state index contributed by atoms with van der Waals surface area (Å²) in [6, 6.07) is 9.92. The van der Waals surface area contributed by atoms with Crippen molar-refractivity contribution in [3.05, 3.63) is 57.0 Å². The summed E-state index contributed by atoms with van der Waals surface area (Å²) in [4.78, 5) is 26.7. The lowest BCUT2D eigenvalue weighted by Crippen LogP contribution is -2.54. The van der Waals surface area contributed by atoms with Crippen molar-refractivity contribution in [1.29, 1.82) is 0 Å². The molecule has 0 aliphatic carbocycles. The molecule has 2 aromatic carbocycles. The van der Waals surface area contributed by atoms with Gasteiger partial charge in [-0.25, -0.2) is 0 Å². The van der Waals surface area contributed by atoms with Crippen LogP contribution in [0.5, 0.6) is 11.5 Å². The van der Waals surface area contributed by atoms with Crippen molar-refractivity contribution in [2.24, 2.45) is 0 Å². The largest absolute Gasteiger partial charge is 0.496 e. The van der Waals surface area contributed by atoms with Gasteiger partial charge in [0.15, 0.2) is 5.11 Å². The smallest absolute Gasteiger partial charge is 0.270 e. The number of carbonyl (C=O) groups is 2. The van der Waals surface area contributed by atoms with Crippen molar-refractivity contribution in [1.82, 2.24) is 5.32 Å². The molecule has 0 spiro atoms. The number of nitrogens with one attached hydrogen (secondary N) is 1. The van der Waals surface area contributed by atoms with Crippen LogP contribution in [0.15, 0.2) is 46.4 Å². The topological polar surface area (TPSA) is 67.9 Å². The minimum atomic E-state index is -0.589. The van der Waals surface area contributed by atoms with Crippen molar-refractivity contribution < 1.29 is 19.1 Å². The van der Waals surface area contributed by atoms with Gasteiger partial charge in [0.2, 0.25) is 0 Å². The lowest BCUT2D eigenvalue weighted by Gasteiger charge is -2.29. The Labute approximate surface area is 180 Å². The lowest BCUT2D eigenvalue weighted by atomic mass is 10.1. The van der Waals surface area contributed by atoms with E-state index < -0.39 is 11.8 Å². The summed E-state index contributed by atoms with van der Waals surface area (Å²) in [6.07, 6.45) is 1.45. The first-order chi connectivity index (χ1) is 13.3. The standard InChI is InChI=1S/C19H14BrClN2O4S/c1-26-15-9-16(27-2)14(20)8-10(15)7-13-17(24)22-19(28)23(18(13)25)12-5-3-11(21)4-6-12/h3-9H,1-2H3,(H,22,24,28)/b13-7-. The molecule has 2 aromatic rings. The molecule has 144 valence electrons. The number of benzene rings is 2. The Morgan fingerprint density at radius 2 is 1.75 bits per heavy atom. The van der Waals surface area contributed by atoms with Crippen LogP contribution in [0, 0.1) is 0 Å². The van der Waals surface area contributed by atoms with Gasteiger partial charge in [0.1, 0.15) is 17.1 Å². The summed E-state index contributed by atoms with van der Waals surface area (Å²) >= 11 is 14.5. The predicted octanol–water partition coefficient (Wildman–Crippen LogP) is 3.95. The Bertz CT molecular complexity index is 1010. The van der Waals surface area contributed by atoms with Crippen LogP contribution in [-0.4, -0.2) is 31.1 Å². The van der Waals surface area contributed by atoms with Crippen LogP contribution in [0.2, 0.25) is 5.02 Å². The number of nitrogens with zero attached hydrogens (tertiary/aromatic N) is 1. The summed E-state index contributed by atoms with van der Waals surface area (Å²) < 4.78 is 11.3. The number of amides is 2. The second-order valence-electron chi connectivity index (χ2n) is 5.66. The van der Waals surface area contributed by atoms with E-state index in [2.05, 4.69) is 21.2 Å². The van der Waals surface area contributed by atoms with Crippen LogP contribution < -0.4 is 19.7 Å². The number of thiocarbonyl (C=S) groups is 1. The number of hydrogen-bond acceptors (Lipinski definition) is 5. The fraction of sp³-hybridized carbons (Fsp3) is 0.105. The zero-order chi connectivity index (χ0) is 20.4. The fourth-order valence-electron chi connectivity index (χ4n) is 2.63. The summed E-state index contributed by atoms with van der Waals surface area (Å²) in [7, 11) is 3.02. The van der Waals surface area contributed by atoms with E-state index >= 15 is 0 Å². The third-order valence-corrected chi connectivity index (χ3v) is 5.15. The van der Waals surface area contributed by atoms with Crippen LogP contribution in [0.1, 0.15) is 5.56 Å². The van der Waals surface area contributed by atoms with Gasteiger partial charge in [-0.3, -0.25) is 19.8 Å². The number of rotatable bonds is 4. The highest BCUT2D eigenvalue weighted by molar-refractivity contribution is 9.10. The molecule has 1 heterocycles. The number of carbonyl (C=O) groups excluding carboxylic acids is 2. The van der Waals surface area contributed by atoms with Gasteiger partial charge in [0, 0.05) is 16.7 Å². The van der Waals surface area contributed by atoms with E-state index in [0.717, 1.165) is 0 Å². The molecule has 0 atom stereocenters. The number of anilines is 1. The Kier molecular flexibility index (Phi) is 6.02. The molecule has 1 N–H and O–H groups in total. The monoisotopic (exact) mass is 480 g/mol. The van der Waals surface area contributed by atoms with Gasteiger partial charge in [0.05, 0.1) is 24.4 Å². The third kappa shape index (κ3) is 3.89. The van der Waals surface area contributed by atoms with Gasteiger partial charge in [-0.05, 0) is 64.6 Å². The first-order valence-electron chi connectivity index (χ1n) is 7.94. The van der Waals surface area contributed by atoms with Gasteiger partial charge in [-0.15, -0.1) is 0 Å². The van der Waals surface area contributed by atoms with Gasteiger partial charge in [0.25, 0.3) is 11.8 Å². The molecule has 1 fully saturated rings. The summed E-state index contributed by atoms with van der Waals surface area (Å²) in [6.45, 7) is 0. The zero-order valence-corrected chi connectivity index (χ0v) is 17.9. The highest BCUT2D eigenvalue weighted by atomic mass is 79.9. The number of halogens is 2. The molecule has 0 bridgehead atoms. The van der Waals surface area contributed by atoms with E-state index in [1.165, 1.54) is 25.2 Å². The fourth-order valence-corrected chi connectivity index (χ4v) is 3.56. The van der Waals surface area contributed by atoms with E-state index in [1.54, 1.807) is 36.4 Å². The van der Waals surface area contributed by atoms with Crippen molar-refractivity contribution in [3.63, 3.8) is 0 Å². The molecular weight excluding hydrogens is 468 g/mol. The number of ether oxygens (including phenoxy) is 2. The van der Waals surface area contributed by atoms with E-state index in [9.17, 15) is 9.59 Å². The maximum absolute atomic E-state index is 13.0.